The molecule has 2 atom stereocenters. The molecule has 0 aliphatic carbocycles. The van der Waals surface area contributed by atoms with Gasteiger partial charge in [-0.15, -0.1) is 0 Å². The molecule has 1 aromatic carbocycles. The number of nitrogens with zero attached hydrogens (tertiary/aromatic N) is 2. The molecule has 2 aromatic rings. The standard InChI is InChI=1S/C13H17N3O/c1-9-6-7-16(8-12(9)17)13-14-10-4-2-3-5-11(10)15-13/h2-5,9,12,17H,6-8H2,1H3,(H,14,15). The van der Waals surface area contributed by atoms with E-state index in [0.29, 0.717) is 12.5 Å². The number of hydrogen-bond donors (Lipinski definition) is 2. The summed E-state index contributed by atoms with van der Waals surface area (Å²) < 4.78 is 0. The fourth-order valence-corrected chi connectivity index (χ4v) is 2.33. The maximum absolute atomic E-state index is 9.90. The molecule has 17 heavy (non-hydrogen) atoms. The summed E-state index contributed by atoms with van der Waals surface area (Å²) in [5.41, 5.74) is 2.03. The Morgan fingerprint density at radius 3 is 3.00 bits per heavy atom. The van der Waals surface area contributed by atoms with Crippen LogP contribution in [-0.2, 0) is 0 Å². The van der Waals surface area contributed by atoms with Crippen molar-refractivity contribution in [1.29, 1.82) is 0 Å². The van der Waals surface area contributed by atoms with Gasteiger partial charge in [0.1, 0.15) is 0 Å². The summed E-state index contributed by atoms with van der Waals surface area (Å²) in [6.07, 6.45) is 0.759. The Morgan fingerprint density at radius 2 is 2.24 bits per heavy atom. The van der Waals surface area contributed by atoms with Crippen LogP contribution < -0.4 is 4.90 Å². The minimum atomic E-state index is -0.253. The molecular weight excluding hydrogens is 214 g/mol. The van der Waals surface area contributed by atoms with Gasteiger partial charge in [0.15, 0.2) is 0 Å². The Morgan fingerprint density at radius 1 is 1.41 bits per heavy atom. The average Bonchev–Trinajstić information content (AvgIpc) is 2.76. The summed E-state index contributed by atoms with van der Waals surface area (Å²) in [6, 6.07) is 8.00. The highest BCUT2D eigenvalue weighted by Crippen LogP contribution is 2.23. The van der Waals surface area contributed by atoms with Crippen molar-refractivity contribution >= 4 is 17.0 Å². The molecule has 0 bridgehead atoms. The molecule has 1 fully saturated rings. The summed E-state index contributed by atoms with van der Waals surface area (Å²) in [7, 11) is 0. The van der Waals surface area contributed by atoms with Gasteiger partial charge in [0, 0.05) is 13.1 Å². The van der Waals surface area contributed by atoms with E-state index >= 15 is 0 Å². The monoisotopic (exact) mass is 231 g/mol. The molecule has 2 N–H and O–H groups in total. The van der Waals surface area contributed by atoms with Crippen molar-refractivity contribution in [2.24, 2.45) is 5.92 Å². The van der Waals surface area contributed by atoms with Crippen LogP contribution in [0.25, 0.3) is 11.0 Å². The zero-order valence-corrected chi connectivity index (χ0v) is 9.93. The molecule has 4 nitrogen and oxygen atoms in total. The van der Waals surface area contributed by atoms with E-state index in [-0.39, 0.29) is 6.10 Å². The highest BCUT2D eigenvalue weighted by atomic mass is 16.3. The van der Waals surface area contributed by atoms with E-state index < -0.39 is 0 Å². The van der Waals surface area contributed by atoms with Crippen molar-refractivity contribution in [3.63, 3.8) is 0 Å². The molecule has 90 valence electrons. The molecule has 2 unspecified atom stereocenters. The van der Waals surface area contributed by atoms with Gasteiger partial charge in [-0.3, -0.25) is 0 Å². The Balaban J connectivity index is 1.88. The van der Waals surface area contributed by atoms with Gasteiger partial charge >= 0.3 is 0 Å². The number of imidazole rings is 1. The van der Waals surface area contributed by atoms with Gasteiger partial charge in [0.2, 0.25) is 5.95 Å². The van der Waals surface area contributed by atoms with Crippen molar-refractivity contribution in [3.8, 4) is 0 Å². The minimum Gasteiger partial charge on any atom is -0.391 e. The second-order valence-electron chi connectivity index (χ2n) is 4.86. The van der Waals surface area contributed by atoms with Crippen molar-refractivity contribution in [1.82, 2.24) is 9.97 Å². The van der Waals surface area contributed by atoms with Crippen LogP contribution in [0.3, 0.4) is 0 Å². The first-order valence-electron chi connectivity index (χ1n) is 6.12. The lowest BCUT2D eigenvalue weighted by Gasteiger charge is -2.33. The van der Waals surface area contributed by atoms with Crippen LogP contribution in [0, 0.1) is 5.92 Å². The smallest absolute Gasteiger partial charge is 0.203 e. The summed E-state index contributed by atoms with van der Waals surface area (Å²) >= 11 is 0. The number of anilines is 1. The van der Waals surface area contributed by atoms with E-state index in [1.165, 1.54) is 0 Å². The average molecular weight is 231 g/mol. The SMILES string of the molecule is CC1CCN(c2nc3ccccc3[nH]2)CC1O. The zero-order valence-electron chi connectivity index (χ0n) is 9.93. The molecule has 1 saturated heterocycles. The number of H-pyrrole nitrogens is 1. The van der Waals surface area contributed by atoms with Gasteiger partial charge in [-0.25, -0.2) is 4.98 Å². The van der Waals surface area contributed by atoms with Gasteiger partial charge in [-0.2, -0.15) is 0 Å². The molecule has 2 heterocycles. The Kier molecular flexibility index (Phi) is 2.52. The van der Waals surface area contributed by atoms with Crippen molar-refractivity contribution in [3.05, 3.63) is 24.3 Å². The Hall–Kier alpha value is -1.55. The minimum absolute atomic E-state index is 0.253. The fourth-order valence-electron chi connectivity index (χ4n) is 2.33. The van der Waals surface area contributed by atoms with E-state index in [0.717, 1.165) is 29.9 Å². The van der Waals surface area contributed by atoms with Crippen molar-refractivity contribution in [2.45, 2.75) is 19.4 Å². The molecule has 1 aliphatic heterocycles. The number of fused-ring (bicyclic) bond motifs is 1. The van der Waals surface area contributed by atoms with E-state index in [2.05, 4.69) is 21.8 Å². The van der Waals surface area contributed by atoms with Crippen LogP contribution in [0.2, 0.25) is 0 Å². The topological polar surface area (TPSA) is 52.2 Å². The molecule has 0 spiro atoms. The summed E-state index contributed by atoms with van der Waals surface area (Å²) in [4.78, 5) is 9.99. The molecule has 0 radical (unpaired) electrons. The number of rotatable bonds is 1. The lowest BCUT2D eigenvalue weighted by molar-refractivity contribution is 0.102. The zero-order chi connectivity index (χ0) is 11.8. The number of aliphatic hydroxyl groups is 1. The molecule has 1 aromatic heterocycles. The number of β-amino-alcohol motifs (C(OH)–C–C–N with tert-alkyl or cyclic N) is 1. The van der Waals surface area contributed by atoms with Gasteiger partial charge in [-0.1, -0.05) is 19.1 Å². The van der Waals surface area contributed by atoms with Crippen LogP contribution in [0.15, 0.2) is 24.3 Å². The van der Waals surface area contributed by atoms with Crippen LogP contribution in [0.1, 0.15) is 13.3 Å². The Labute approximate surface area is 100 Å². The highest BCUT2D eigenvalue weighted by Gasteiger charge is 2.25. The van der Waals surface area contributed by atoms with E-state index in [1.54, 1.807) is 0 Å². The maximum Gasteiger partial charge on any atom is 0.203 e. The lowest BCUT2D eigenvalue weighted by Crippen LogP contribution is -2.43. The summed E-state index contributed by atoms with van der Waals surface area (Å²) in [6.45, 7) is 3.72. The number of hydrogen-bond acceptors (Lipinski definition) is 3. The normalized spacial score (nSPS) is 25.4. The van der Waals surface area contributed by atoms with Crippen LogP contribution in [-0.4, -0.2) is 34.3 Å². The molecule has 0 amide bonds. The summed E-state index contributed by atoms with van der Waals surface area (Å²) in [5, 5.41) is 9.90. The fraction of sp³-hybridized carbons (Fsp3) is 0.462. The van der Waals surface area contributed by atoms with Crippen LogP contribution in [0.4, 0.5) is 5.95 Å². The molecule has 1 aliphatic rings. The number of benzene rings is 1. The molecule has 4 heteroatoms. The van der Waals surface area contributed by atoms with Gasteiger partial charge < -0.3 is 15.0 Å². The van der Waals surface area contributed by atoms with Crippen LogP contribution >= 0.6 is 0 Å². The third-order valence-corrected chi connectivity index (χ3v) is 3.60. The predicted octanol–water partition coefficient (Wildman–Crippen LogP) is 1.77. The highest BCUT2D eigenvalue weighted by molar-refractivity contribution is 5.77. The Bertz CT molecular complexity index is 489. The van der Waals surface area contributed by atoms with Crippen LogP contribution in [0.5, 0.6) is 0 Å². The lowest BCUT2D eigenvalue weighted by atomic mass is 9.96. The third-order valence-electron chi connectivity index (χ3n) is 3.60. The first-order chi connectivity index (χ1) is 8.24. The first-order valence-corrected chi connectivity index (χ1v) is 6.12. The second-order valence-corrected chi connectivity index (χ2v) is 4.86. The number of aromatic amines is 1. The number of nitrogens with one attached hydrogen (secondary N) is 1. The first kappa shape index (κ1) is 10.6. The number of aromatic nitrogens is 2. The maximum atomic E-state index is 9.90. The largest absolute Gasteiger partial charge is 0.391 e. The second kappa shape index (κ2) is 4.04. The number of aliphatic hydroxyl groups excluding tert-OH is 1. The van der Waals surface area contributed by atoms with E-state index in [9.17, 15) is 5.11 Å². The van der Waals surface area contributed by atoms with Gasteiger partial charge in [0.25, 0.3) is 0 Å². The predicted molar refractivity (Wildman–Crippen MR) is 68.1 cm³/mol. The molecule has 0 saturated carbocycles. The third kappa shape index (κ3) is 1.89. The quantitative estimate of drug-likeness (QED) is 0.786. The summed E-state index contributed by atoms with van der Waals surface area (Å²) in [5.74, 6) is 1.26. The van der Waals surface area contributed by atoms with E-state index in [1.807, 2.05) is 24.3 Å². The van der Waals surface area contributed by atoms with E-state index in [4.69, 9.17) is 0 Å². The molecule has 3 rings (SSSR count). The number of para-hydroxylation sites is 2. The molecular formula is C13H17N3O. The van der Waals surface area contributed by atoms with Gasteiger partial charge in [0.05, 0.1) is 17.1 Å². The number of piperidine rings is 1. The van der Waals surface area contributed by atoms with Crippen molar-refractivity contribution in [2.75, 3.05) is 18.0 Å². The van der Waals surface area contributed by atoms with Gasteiger partial charge in [-0.05, 0) is 24.5 Å². The van der Waals surface area contributed by atoms with Crippen molar-refractivity contribution < 1.29 is 5.11 Å².